The lowest BCUT2D eigenvalue weighted by molar-refractivity contribution is 0.660. The van der Waals surface area contributed by atoms with Crippen molar-refractivity contribution in [2.24, 2.45) is 0 Å². The quantitative estimate of drug-likeness (QED) is 0.183. The number of fused-ring (bicyclic) bond motifs is 6. The maximum atomic E-state index is 2.46. The van der Waals surface area contributed by atoms with Crippen LogP contribution in [0.5, 0.6) is 0 Å². The minimum atomic E-state index is -0.0858. The Hall–Kier alpha value is -5.66. The lowest BCUT2D eigenvalue weighted by Crippen LogP contribution is -2.18. The van der Waals surface area contributed by atoms with Crippen LogP contribution in [0.25, 0.3) is 44.5 Å². The largest absolute Gasteiger partial charge is 0.310 e. The van der Waals surface area contributed by atoms with Gasteiger partial charge in [0.2, 0.25) is 0 Å². The molecule has 0 aromatic heterocycles. The summed E-state index contributed by atoms with van der Waals surface area (Å²) in [5.41, 5.74) is 19.1. The number of benzene rings is 7. The van der Waals surface area contributed by atoms with Crippen molar-refractivity contribution >= 4 is 17.1 Å². The molecule has 0 atom stereocenters. The van der Waals surface area contributed by atoms with Crippen LogP contribution < -0.4 is 4.90 Å². The Kier molecular flexibility index (Phi) is 6.58. The van der Waals surface area contributed by atoms with Crippen molar-refractivity contribution in [3.63, 3.8) is 0 Å². The van der Waals surface area contributed by atoms with E-state index in [4.69, 9.17) is 0 Å². The summed E-state index contributed by atoms with van der Waals surface area (Å²) in [5.74, 6) is 0. The summed E-state index contributed by atoms with van der Waals surface area (Å²) >= 11 is 0. The van der Waals surface area contributed by atoms with Gasteiger partial charge in [0, 0.05) is 27.9 Å². The molecule has 0 radical (unpaired) electrons. The maximum Gasteiger partial charge on any atom is 0.0467 e. The van der Waals surface area contributed by atoms with Crippen LogP contribution in [0.4, 0.5) is 17.1 Å². The number of rotatable bonds is 5. The van der Waals surface area contributed by atoms with Gasteiger partial charge in [-0.1, -0.05) is 155 Å². The number of hydrogen-bond donors (Lipinski definition) is 0. The van der Waals surface area contributed by atoms with Crippen molar-refractivity contribution in [3.8, 4) is 44.5 Å². The molecule has 2 aliphatic rings. The zero-order valence-corrected chi connectivity index (χ0v) is 28.5. The molecule has 9 rings (SSSR count). The minimum absolute atomic E-state index is 0.0858. The van der Waals surface area contributed by atoms with Crippen LogP contribution in [0.15, 0.2) is 164 Å². The van der Waals surface area contributed by atoms with Gasteiger partial charge in [0.25, 0.3) is 0 Å². The fourth-order valence-electron chi connectivity index (χ4n) is 8.42. The predicted molar refractivity (Wildman–Crippen MR) is 207 cm³/mol. The molecule has 0 fully saturated rings. The summed E-state index contributed by atoms with van der Waals surface area (Å²) in [6.45, 7) is 9.45. The van der Waals surface area contributed by atoms with Crippen LogP contribution in [0.2, 0.25) is 0 Å². The van der Waals surface area contributed by atoms with E-state index in [2.05, 4.69) is 196 Å². The Labute approximate surface area is 290 Å². The van der Waals surface area contributed by atoms with Crippen LogP contribution >= 0.6 is 0 Å². The molecule has 7 aromatic carbocycles. The van der Waals surface area contributed by atoms with E-state index in [0.717, 1.165) is 5.69 Å². The number of hydrogen-bond acceptors (Lipinski definition) is 1. The van der Waals surface area contributed by atoms with Crippen molar-refractivity contribution < 1.29 is 0 Å². The van der Waals surface area contributed by atoms with E-state index in [9.17, 15) is 0 Å². The third-order valence-electron chi connectivity index (χ3n) is 11.1. The highest BCUT2D eigenvalue weighted by Crippen LogP contribution is 2.53. The van der Waals surface area contributed by atoms with E-state index in [0.29, 0.717) is 0 Å². The molecule has 2 aliphatic carbocycles. The normalized spacial score (nSPS) is 14.4. The first kappa shape index (κ1) is 29.5. The topological polar surface area (TPSA) is 3.24 Å². The monoisotopic (exact) mass is 629 g/mol. The standard InChI is InChI=1S/C48H39N/c1-47(2)43-19-10-8-17-39(43)41-27-25-37(30-45(41)47)49(38-26-28-42-40-18-9-11-20-44(40)48(3,4)46(42)31-38)36-16-12-15-35(29-36)34-23-21-33(22-24-34)32-13-6-5-7-14-32/h5-31H,1-4H3. The third kappa shape index (κ3) is 4.60. The van der Waals surface area contributed by atoms with Crippen LogP contribution in [0.3, 0.4) is 0 Å². The second-order valence-corrected chi connectivity index (χ2v) is 14.6. The highest BCUT2D eigenvalue weighted by Gasteiger charge is 2.37. The molecule has 0 N–H and O–H groups in total. The van der Waals surface area contributed by atoms with Gasteiger partial charge in [-0.2, -0.15) is 0 Å². The first-order valence-corrected chi connectivity index (χ1v) is 17.4. The molecule has 7 aromatic rings. The van der Waals surface area contributed by atoms with E-state index < -0.39 is 0 Å². The van der Waals surface area contributed by atoms with Gasteiger partial charge in [-0.15, -0.1) is 0 Å². The second kappa shape index (κ2) is 10.9. The van der Waals surface area contributed by atoms with Gasteiger partial charge in [0.15, 0.2) is 0 Å². The molecule has 0 amide bonds. The molecule has 0 saturated carbocycles. The van der Waals surface area contributed by atoms with Gasteiger partial charge in [0.05, 0.1) is 0 Å². The van der Waals surface area contributed by atoms with E-state index in [-0.39, 0.29) is 10.8 Å². The zero-order valence-electron chi connectivity index (χ0n) is 28.5. The summed E-state index contributed by atoms with van der Waals surface area (Å²) in [6, 6.07) is 60.5. The minimum Gasteiger partial charge on any atom is -0.310 e. The molecule has 1 heteroatoms. The first-order valence-electron chi connectivity index (χ1n) is 17.4. The predicted octanol–water partition coefficient (Wildman–Crippen LogP) is 13.1. The van der Waals surface area contributed by atoms with Gasteiger partial charge < -0.3 is 4.90 Å². The molecular weight excluding hydrogens is 591 g/mol. The highest BCUT2D eigenvalue weighted by molar-refractivity contribution is 5.89. The number of nitrogens with zero attached hydrogens (tertiary/aromatic N) is 1. The van der Waals surface area contributed by atoms with Crippen molar-refractivity contribution in [1.82, 2.24) is 0 Å². The van der Waals surface area contributed by atoms with E-state index in [1.165, 1.54) is 78.1 Å². The lowest BCUT2D eigenvalue weighted by Gasteiger charge is -2.30. The molecule has 0 heterocycles. The van der Waals surface area contributed by atoms with Gasteiger partial charge in [0.1, 0.15) is 0 Å². The number of anilines is 3. The van der Waals surface area contributed by atoms with Gasteiger partial charge in [-0.05, 0) is 103 Å². The molecule has 0 bridgehead atoms. The van der Waals surface area contributed by atoms with Crippen LogP contribution in [-0.4, -0.2) is 0 Å². The Bertz CT molecular complexity index is 2270. The van der Waals surface area contributed by atoms with Crippen LogP contribution in [-0.2, 0) is 10.8 Å². The van der Waals surface area contributed by atoms with Gasteiger partial charge in [-0.3, -0.25) is 0 Å². The first-order chi connectivity index (χ1) is 23.8. The second-order valence-electron chi connectivity index (χ2n) is 14.6. The summed E-state index contributed by atoms with van der Waals surface area (Å²) in [5, 5.41) is 0. The van der Waals surface area contributed by atoms with E-state index in [1.54, 1.807) is 0 Å². The summed E-state index contributed by atoms with van der Waals surface area (Å²) in [7, 11) is 0. The van der Waals surface area contributed by atoms with Crippen LogP contribution in [0, 0.1) is 0 Å². The summed E-state index contributed by atoms with van der Waals surface area (Å²) in [6.07, 6.45) is 0. The summed E-state index contributed by atoms with van der Waals surface area (Å²) in [4.78, 5) is 2.46. The Balaban J connectivity index is 1.19. The van der Waals surface area contributed by atoms with Crippen LogP contribution in [0.1, 0.15) is 49.9 Å². The lowest BCUT2D eigenvalue weighted by atomic mass is 9.82. The van der Waals surface area contributed by atoms with Gasteiger partial charge in [-0.25, -0.2) is 0 Å². The fourth-order valence-corrected chi connectivity index (χ4v) is 8.42. The van der Waals surface area contributed by atoms with Crippen molar-refractivity contribution in [2.45, 2.75) is 38.5 Å². The third-order valence-corrected chi connectivity index (χ3v) is 11.1. The molecule has 0 unspecified atom stereocenters. The van der Waals surface area contributed by atoms with Gasteiger partial charge >= 0.3 is 0 Å². The molecule has 0 aliphatic heterocycles. The SMILES string of the molecule is CC1(C)c2ccccc2-c2ccc(N(c3cccc(-c4ccc(-c5ccccc5)cc4)c3)c3ccc4c(c3)C(C)(C)c3ccccc3-4)cc21. The van der Waals surface area contributed by atoms with Crippen molar-refractivity contribution in [1.29, 1.82) is 0 Å². The Morgan fingerprint density at radius 3 is 1.27 bits per heavy atom. The van der Waals surface area contributed by atoms with Crippen molar-refractivity contribution in [3.05, 3.63) is 186 Å². The molecular formula is C48H39N. The average molecular weight is 630 g/mol. The fraction of sp³-hybridized carbons (Fsp3) is 0.125. The Morgan fingerprint density at radius 1 is 0.306 bits per heavy atom. The Morgan fingerprint density at radius 2 is 0.714 bits per heavy atom. The maximum absolute atomic E-state index is 2.46. The molecule has 49 heavy (non-hydrogen) atoms. The van der Waals surface area contributed by atoms with E-state index >= 15 is 0 Å². The molecule has 236 valence electrons. The highest BCUT2D eigenvalue weighted by atomic mass is 15.1. The summed E-state index contributed by atoms with van der Waals surface area (Å²) < 4.78 is 0. The zero-order chi connectivity index (χ0) is 33.3. The average Bonchev–Trinajstić information content (AvgIpc) is 3.51. The molecule has 1 nitrogen and oxygen atoms in total. The molecule has 0 spiro atoms. The van der Waals surface area contributed by atoms with E-state index in [1.807, 2.05) is 0 Å². The molecule has 0 saturated heterocycles. The van der Waals surface area contributed by atoms with Crippen molar-refractivity contribution in [2.75, 3.05) is 4.90 Å². The smallest absolute Gasteiger partial charge is 0.0467 e.